The Kier molecular flexibility index (Phi) is 3.77. The molecule has 2 N–H and O–H groups in total. The first-order valence-electron chi connectivity index (χ1n) is 7.52. The lowest BCUT2D eigenvalue weighted by Gasteiger charge is -2.24. The summed E-state index contributed by atoms with van der Waals surface area (Å²) >= 11 is 0. The highest BCUT2D eigenvalue weighted by Crippen LogP contribution is 2.45. The highest BCUT2D eigenvalue weighted by atomic mass is 16.1. The molecule has 3 rings (SSSR count). The molecular weight excluding hydrogens is 248 g/mol. The van der Waals surface area contributed by atoms with Crippen molar-refractivity contribution in [2.75, 3.05) is 11.9 Å². The average molecular weight is 270 g/mol. The summed E-state index contributed by atoms with van der Waals surface area (Å²) in [7, 11) is 0. The Labute approximate surface area is 120 Å². The van der Waals surface area contributed by atoms with Crippen LogP contribution in [0.3, 0.4) is 0 Å². The lowest BCUT2D eigenvalue weighted by molar-refractivity contribution is 0.0958. The van der Waals surface area contributed by atoms with Crippen molar-refractivity contribution in [2.45, 2.75) is 31.7 Å². The van der Waals surface area contributed by atoms with E-state index in [4.69, 9.17) is 0 Å². The van der Waals surface area contributed by atoms with Crippen molar-refractivity contribution in [1.82, 2.24) is 5.32 Å². The smallest absolute Gasteiger partial charge is 0.251 e. The topological polar surface area (TPSA) is 41.1 Å². The van der Waals surface area contributed by atoms with Gasteiger partial charge in [-0.15, -0.1) is 6.58 Å². The van der Waals surface area contributed by atoms with Gasteiger partial charge in [-0.3, -0.25) is 4.79 Å². The highest BCUT2D eigenvalue weighted by Gasteiger charge is 2.39. The number of benzene rings is 1. The van der Waals surface area contributed by atoms with E-state index in [0.29, 0.717) is 18.2 Å². The van der Waals surface area contributed by atoms with E-state index in [1.807, 2.05) is 24.3 Å². The molecule has 0 spiro atoms. The second-order valence-corrected chi connectivity index (χ2v) is 6.00. The predicted octanol–water partition coefficient (Wildman–Crippen LogP) is 3.20. The van der Waals surface area contributed by atoms with E-state index in [1.54, 1.807) is 6.08 Å². The minimum Gasteiger partial charge on any atom is -0.382 e. The third-order valence-corrected chi connectivity index (χ3v) is 4.64. The molecule has 3 heteroatoms. The zero-order valence-corrected chi connectivity index (χ0v) is 11.8. The molecule has 3 unspecified atom stereocenters. The Balaban J connectivity index is 1.59. The van der Waals surface area contributed by atoms with Gasteiger partial charge in [-0.2, -0.15) is 0 Å². The molecule has 1 amide bonds. The van der Waals surface area contributed by atoms with E-state index < -0.39 is 0 Å². The molecule has 0 aliphatic heterocycles. The van der Waals surface area contributed by atoms with Gasteiger partial charge in [-0.05, 0) is 55.4 Å². The summed E-state index contributed by atoms with van der Waals surface area (Å²) in [4.78, 5) is 11.8. The number of fused-ring (bicyclic) bond motifs is 2. The number of hydrogen-bond acceptors (Lipinski definition) is 2. The molecule has 3 atom stereocenters. The van der Waals surface area contributed by atoms with Crippen molar-refractivity contribution in [2.24, 2.45) is 11.8 Å². The quantitative estimate of drug-likeness (QED) is 0.807. The zero-order chi connectivity index (χ0) is 13.9. The first-order chi connectivity index (χ1) is 9.76. The summed E-state index contributed by atoms with van der Waals surface area (Å²) in [6.07, 6.45) is 7.20. The van der Waals surface area contributed by atoms with Crippen molar-refractivity contribution in [3.8, 4) is 0 Å². The van der Waals surface area contributed by atoms with E-state index in [9.17, 15) is 4.79 Å². The van der Waals surface area contributed by atoms with Crippen molar-refractivity contribution in [1.29, 1.82) is 0 Å². The lowest BCUT2D eigenvalue weighted by atomic mass is 9.95. The number of hydrogen-bond donors (Lipinski definition) is 2. The molecular formula is C17H22N2O. The molecule has 0 saturated heterocycles. The van der Waals surface area contributed by atoms with Crippen LogP contribution >= 0.6 is 0 Å². The Morgan fingerprint density at radius 3 is 2.65 bits per heavy atom. The number of rotatable bonds is 5. The second kappa shape index (κ2) is 5.70. The van der Waals surface area contributed by atoms with Gasteiger partial charge in [0.05, 0.1) is 0 Å². The van der Waals surface area contributed by atoms with Crippen molar-refractivity contribution in [3.63, 3.8) is 0 Å². The maximum absolute atomic E-state index is 11.8. The fourth-order valence-corrected chi connectivity index (χ4v) is 3.62. The number of nitrogens with one attached hydrogen (secondary N) is 2. The maximum atomic E-state index is 11.8. The third kappa shape index (κ3) is 2.72. The van der Waals surface area contributed by atoms with Crippen LogP contribution < -0.4 is 10.6 Å². The molecule has 2 saturated carbocycles. The van der Waals surface area contributed by atoms with Crippen LogP contribution in [0, 0.1) is 11.8 Å². The van der Waals surface area contributed by atoms with E-state index >= 15 is 0 Å². The van der Waals surface area contributed by atoms with Crippen molar-refractivity contribution >= 4 is 11.6 Å². The Bertz CT molecular complexity index is 494. The third-order valence-electron chi connectivity index (χ3n) is 4.64. The normalized spacial score (nSPS) is 27.3. The first-order valence-corrected chi connectivity index (χ1v) is 7.52. The summed E-state index contributed by atoms with van der Waals surface area (Å²) < 4.78 is 0. The van der Waals surface area contributed by atoms with E-state index in [2.05, 4.69) is 17.2 Å². The van der Waals surface area contributed by atoms with Gasteiger partial charge in [0.25, 0.3) is 5.91 Å². The molecule has 2 bridgehead atoms. The van der Waals surface area contributed by atoms with Crippen LogP contribution in [0.5, 0.6) is 0 Å². The van der Waals surface area contributed by atoms with Gasteiger partial charge in [0.15, 0.2) is 0 Å². The van der Waals surface area contributed by atoms with Gasteiger partial charge in [0.1, 0.15) is 0 Å². The minimum absolute atomic E-state index is 0.0450. The van der Waals surface area contributed by atoms with Crippen molar-refractivity contribution < 1.29 is 4.79 Å². The second-order valence-electron chi connectivity index (χ2n) is 6.00. The Morgan fingerprint density at radius 2 is 2.05 bits per heavy atom. The molecule has 2 aliphatic rings. The van der Waals surface area contributed by atoms with Crippen LogP contribution in [0.15, 0.2) is 36.9 Å². The number of carbonyl (C=O) groups excluding carboxylic acids is 1. The van der Waals surface area contributed by atoms with Crippen LogP contribution in [0.4, 0.5) is 5.69 Å². The number of amides is 1. The van der Waals surface area contributed by atoms with Gasteiger partial charge in [0, 0.05) is 23.8 Å². The van der Waals surface area contributed by atoms with E-state index in [0.717, 1.165) is 17.5 Å². The molecule has 2 aliphatic carbocycles. The summed E-state index contributed by atoms with van der Waals surface area (Å²) in [6, 6.07) is 8.42. The average Bonchev–Trinajstić information content (AvgIpc) is 3.08. The van der Waals surface area contributed by atoms with Crippen LogP contribution in [0.2, 0.25) is 0 Å². The van der Waals surface area contributed by atoms with Gasteiger partial charge in [0.2, 0.25) is 0 Å². The highest BCUT2D eigenvalue weighted by molar-refractivity contribution is 5.94. The molecule has 3 nitrogen and oxygen atoms in total. The summed E-state index contributed by atoms with van der Waals surface area (Å²) in [5, 5.41) is 6.42. The number of carbonyl (C=O) groups is 1. The summed E-state index contributed by atoms with van der Waals surface area (Å²) in [5.74, 6) is 1.76. The molecule has 106 valence electrons. The maximum Gasteiger partial charge on any atom is 0.251 e. The predicted molar refractivity (Wildman–Crippen MR) is 81.8 cm³/mol. The molecule has 2 fully saturated rings. The van der Waals surface area contributed by atoms with Crippen LogP contribution in [-0.4, -0.2) is 18.5 Å². The number of anilines is 1. The molecule has 0 aromatic heterocycles. The van der Waals surface area contributed by atoms with E-state index in [1.165, 1.54) is 25.7 Å². The molecule has 1 aromatic carbocycles. The Hall–Kier alpha value is -1.77. The van der Waals surface area contributed by atoms with Crippen molar-refractivity contribution in [3.05, 3.63) is 42.5 Å². The SMILES string of the molecule is C=CCNC(=O)c1ccc(NC2CC3CCC2C3)cc1. The summed E-state index contributed by atoms with van der Waals surface area (Å²) in [6.45, 7) is 4.10. The zero-order valence-electron chi connectivity index (χ0n) is 11.8. The van der Waals surface area contributed by atoms with Gasteiger partial charge < -0.3 is 10.6 Å². The first kappa shape index (κ1) is 13.2. The molecule has 0 radical (unpaired) electrons. The molecule has 20 heavy (non-hydrogen) atoms. The van der Waals surface area contributed by atoms with Gasteiger partial charge in [-0.1, -0.05) is 12.5 Å². The monoisotopic (exact) mass is 270 g/mol. The molecule has 0 heterocycles. The van der Waals surface area contributed by atoms with Crippen LogP contribution in [-0.2, 0) is 0 Å². The van der Waals surface area contributed by atoms with Gasteiger partial charge >= 0.3 is 0 Å². The standard InChI is InChI=1S/C17H22N2O/c1-2-9-18-17(20)13-5-7-15(8-6-13)19-16-11-12-3-4-14(16)10-12/h2,5-8,12,14,16,19H,1,3-4,9-11H2,(H,18,20). The Morgan fingerprint density at radius 1 is 1.25 bits per heavy atom. The minimum atomic E-state index is -0.0450. The van der Waals surface area contributed by atoms with Crippen LogP contribution in [0.1, 0.15) is 36.0 Å². The van der Waals surface area contributed by atoms with Crippen LogP contribution in [0.25, 0.3) is 0 Å². The summed E-state index contributed by atoms with van der Waals surface area (Å²) in [5.41, 5.74) is 1.83. The fourth-order valence-electron chi connectivity index (χ4n) is 3.62. The molecule has 1 aromatic rings. The largest absolute Gasteiger partial charge is 0.382 e. The fraction of sp³-hybridized carbons (Fsp3) is 0.471. The lowest BCUT2D eigenvalue weighted by Crippen LogP contribution is -2.26. The van der Waals surface area contributed by atoms with E-state index in [-0.39, 0.29) is 5.91 Å². The van der Waals surface area contributed by atoms with Gasteiger partial charge in [-0.25, -0.2) is 0 Å².